The smallest absolute Gasteiger partial charge is 0.254 e. The molecule has 0 aromatic heterocycles. The summed E-state index contributed by atoms with van der Waals surface area (Å²) >= 11 is 3.41. The van der Waals surface area contributed by atoms with E-state index in [1.165, 1.54) is 32.1 Å². The molecule has 2 fully saturated rings. The largest absolute Gasteiger partial charge is 0.398 e. The van der Waals surface area contributed by atoms with Crippen molar-refractivity contribution in [3.05, 3.63) is 28.2 Å². The maximum atomic E-state index is 12.7. The average molecular weight is 337 g/mol. The quantitative estimate of drug-likeness (QED) is 0.834. The van der Waals surface area contributed by atoms with E-state index >= 15 is 0 Å². The molecule has 1 unspecified atom stereocenters. The highest BCUT2D eigenvalue weighted by Gasteiger charge is 2.36. The van der Waals surface area contributed by atoms with Crippen LogP contribution in [0.25, 0.3) is 0 Å². The molecule has 20 heavy (non-hydrogen) atoms. The minimum atomic E-state index is 0.167. The van der Waals surface area contributed by atoms with Crippen molar-refractivity contribution in [1.29, 1.82) is 0 Å². The number of halogens is 1. The highest BCUT2D eigenvalue weighted by Crippen LogP contribution is 2.36. The molecule has 3 rings (SSSR count). The molecule has 1 aliphatic heterocycles. The van der Waals surface area contributed by atoms with Gasteiger partial charge in [-0.1, -0.05) is 12.8 Å². The van der Waals surface area contributed by atoms with E-state index in [2.05, 4.69) is 20.8 Å². The van der Waals surface area contributed by atoms with Gasteiger partial charge in [0.2, 0.25) is 0 Å². The van der Waals surface area contributed by atoms with Crippen molar-refractivity contribution < 1.29 is 4.79 Å². The summed E-state index contributed by atoms with van der Waals surface area (Å²) < 4.78 is 0.806. The second-order valence-corrected chi connectivity index (χ2v) is 6.84. The first-order valence-corrected chi connectivity index (χ1v) is 8.32. The summed E-state index contributed by atoms with van der Waals surface area (Å²) in [5.41, 5.74) is 7.22. The number of nitrogen functional groups attached to an aromatic ring is 1. The van der Waals surface area contributed by atoms with E-state index < -0.39 is 0 Å². The van der Waals surface area contributed by atoms with E-state index in [4.69, 9.17) is 5.73 Å². The number of likely N-dealkylation sites (tertiary alicyclic amines) is 1. The van der Waals surface area contributed by atoms with Crippen molar-refractivity contribution >= 4 is 27.5 Å². The fourth-order valence-corrected chi connectivity index (χ4v) is 4.08. The Labute approximate surface area is 128 Å². The fraction of sp³-hybridized carbons (Fsp3) is 0.562. The average Bonchev–Trinajstić information content (AvgIpc) is 3.10. The number of hydrogen-bond acceptors (Lipinski definition) is 2. The molecule has 1 amide bonds. The third-order valence-electron chi connectivity index (χ3n) is 4.75. The van der Waals surface area contributed by atoms with Gasteiger partial charge in [0.25, 0.3) is 5.91 Å². The first kappa shape index (κ1) is 13.9. The topological polar surface area (TPSA) is 46.3 Å². The molecule has 1 aromatic rings. The summed E-state index contributed by atoms with van der Waals surface area (Å²) in [6, 6.07) is 5.95. The predicted octanol–water partition coefficient (Wildman–Crippen LogP) is 3.83. The highest BCUT2D eigenvalue weighted by atomic mass is 79.9. The number of hydrogen-bond donors (Lipinski definition) is 1. The predicted molar refractivity (Wildman–Crippen MR) is 84.6 cm³/mol. The Hall–Kier alpha value is -1.03. The molecular weight excluding hydrogens is 316 g/mol. The number of nitrogens with two attached hydrogens (primary N) is 1. The van der Waals surface area contributed by atoms with Gasteiger partial charge < -0.3 is 10.6 Å². The molecule has 1 aromatic carbocycles. The zero-order valence-electron chi connectivity index (χ0n) is 11.6. The summed E-state index contributed by atoms with van der Waals surface area (Å²) in [6.07, 6.45) is 7.56. The highest BCUT2D eigenvalue weighted by molar-refractivity contribution is 9.10. The lowest BCUT2D eigenvalue weighted by atomic mass is 9.95. The molecule has 0 spiro atoms. The van der Waals surface area contributed by atoms with Crippen molar-refractivity contribution in [3.8, 4) is 0 Å². The van der Waals surface area contributed by atoms with Crippen molar-refractivity contribution in [2.24, 2.45) is 5.92 Å². The van der Waals surface area contributed by atoms with Gasteiger partial charge in [-0.05, 0) is 65.7 Å². The van der Waals surface area contributed by atoms with Gasteiger partial charge in [0.15, 0.2) is 0 Å². The Kier molecular flexibility index (Phi) is 4.01. The third-order valence-corrected chi connectivity index (χ3v) is 5.44. The van der Waals surface area contributed by atoms with E-state index in [9.17, 15) is 4.79 Å². The molecule has 1 saturated heterocycles. The molecule has 108 valence electrons. The molecule has 1 saturated carbocycles. The maximum Gasteiger partial charge on any atom is 0.254 e. The Morgan fingerprint density at radius 2 is 1.95 bits per heavy atom. The zero-order chi connectivity index (χ0) is 14.1. The number of rotatable bonds is 2. The molecule has 1 atom stereocenters. The normalized spacial score (nSPS) is 23.4. The summed E-state index contributed by atoms with van der Waals surface area (Å²) in [7, 11) is 0. The van der Waals surface area contributed by atoms with Gasteiger partial charge in [0.1, 0.15) is 0 Å². The molecule has 2 N–H and O–H groups in total. The van der Waals surface area contributed by atoms with Crippen molar-refractivity contribution in [3.63, 3.8) is 0 Å². The molecule has 2 aliphatic rings. The Morgan fingerprint density at radius 3 is 2.65 bits per heavy atom. The summed E-state index contributed by atoms with van der Waals surface area (Å²) in [5, 5.41) is 0. The Balaban J connectivity index is 1.79. The standard InChI is InChI=1S/C16H21BrN2O/c17-13-10-12(7-8-14(13)18)16(20)19-9-3-6-15(19)11-4-1-2-5-11/h7-8,10-11,15H,1-6,9,18H2. The van der Waals surface area contributed by atoms with Gasteiger partial charge in [-0.25, -0.2) is 0 Å². The van der Waals surface area contributed by atoms with Crippen LogP contribution in [0.2, 0.25) is 0 Å². The molecule has 0 radical (unpaired) electrons. The lowest BCUT2D eigenvalue weighted by Gasteiger charge is -2.29. The first-order valence-electron chi connectivity index (χ1n) is 7.53. The molecule has 3 nitrogen and oxygen atoms in total. The van der Waals surface area contributed by atoms with E-state index in [0.717, 1.165) is 28.9 Å². The first-order chi connectivity index (χ1) is 9.66. The lowest BCUT2D eigenvalue weighted by molar-refractivity contribution is 0.0689. The van der Waals surface area contributed by atoms with Crippen LogP contribution in [0.1, 0.15) is 48.9 Å². The van der Waals surface area contributed by atoms with Crippen LogP contribution in [0.15, 0.2) is 22.7 Å². The van der Waals surface area contributed by atoms with Crippen LogP contribution in [-0.2, 0) is 0 Å². The van der Waals surface area contributed by atoms with Crippen LogP contribution in [-0.4, -0.2) is 23.4 Å². The third kappa shape index (κ3) is 2.58. The molecular formula is C16H21BrN2O. The minimum Gasteiger partial charge on any atom is -0.398 e. The lowest BCUT2D eigenvalue weighted by Crippen LogP contribution is -2.39. The SMILES string of the molecule is Nc1ccc(C(=O)N2CCCC2C2CCCC2)cc1Br. The van der Waals surface area contributed by atoms with Crippen molar-refractivity contribution in [2.75, 3.05) is 12.3 Å². The Morgan fingerprint density at radius 1 is 1.20 bits per heavy atom. The van der Waals surface area contributed by atoms with Crippen LogP contribution in [0.5, 0.6) is 0 Å². The van der Waals surface area contributed by atoms with E-state index in [1.807, 2.05) is 12.1 Å². The zero-order valence-corrected chi connectivity index (χ0v) is 13.2. The van der Waals surface area contributed by atoms with Gasteiger partial charge in [0, 0.05) is 28.3 Å². The van der Waals surface area contributed by atoms with E-state index in [1.54, 1.807) is 6.07 Å². The molecule has 1 aliphatic carbocycles. The van der Waals surface area contributed by atoms with Gasteiger partial charge in [-0.3, -0.25) is 4.79 Å². The minimum absolute atomic E-state index is 0.167. The van der Waals surface area contributed by atoms with E-state index in [-0.39, 0.29) is 5.91 Å². The summed E-state index contributed by atoms with van der Waals surface area (Å²) in [4.78, 5) is 14.8. The number of nitrogens with zero attached hydrogens (tertiary/aromatic N) is 1. The number of carbonyl (C=O) groups excluding carboxylic acids is 1. The maximum absolute atomic E-state index is 12.7. The van der Waals surface area contributed by atoms with Crippen molar-refractivity contribution in [1.82, 2.24) is 4.90 Å². The van der Waals surface area contributed by atoms with Gasteiger partial charge in [0.05, 0.1) is 0 Å². The number of amides is 1. The second kappa shape index (κ2) is 5.76. The fourth-order valence-electron chi connectivity index (χ4n) is 3.70. The van der Waals surface area contributed by atoms with Crippen LogP contribution >= 0.6 is 15.9 Å². The van der Waals surface area contributed by atoms with Crippen LogP contribution in [0, 0.1) is 5.92 Å². The van der Waals surface area contributed by atoms with Crippen molar-refractivity contribution in [2.45, 2.75) is 44.6 Å². The molecule has 0 bridgehead atoms. The van der Waals surface area contributed by atoms with Crippen LogP contribution in [0.4, 0.5) is 5.69 Å². The monoisotopic (exact) mass is 336 g/mol. The molecule has 4 heteroatoms. The summed E-state index contributed by atoms with van der Waals surface area (Å²) in [6.45, 7) is 0.905. The van der Waals surface area contributed by atoms with Crippen LogP contribution in [0.3, 0.4) is 0 Å². The van der Waals surface area contributed by atoms with Gasteiger partial charge in [-0.2, -0.15) is 0 Å². The second-order valence-electron chi connectivity index (χ2n) is 5.99. The Bertz CT molecular complexity index is 511. The van der Waals surface area contributed by atoms with Gasteiger partial charge in [-0.15, -0.1) is 0 Å². The number of benzene rings is 1. The number of carbonyl (C=O) groups is 1. The van der Waals surface area contributed by atoms with Crippen LogP contribution < -0.4 is 5.73 Å². The molecule has 1 heterocycles. The van der Waals surface area contributed by atoms with E-state index in [0.29, 0.717) is 11.7 Å². The summed E-state index contributed by atoms with van der Waals surface area (Å²) in [5.74, 6) is 0.888. The number of anilines is 1. The van der Waals surface area contributed by atoms with Gasteiger partial charge >= 0.3 is 0 Å².